The van der Waals surface area contributed by atoms with Crippen molar-refractivity contribution in [2.45, 2.75) is 6.92 Å². The van der Waals surface area contributed by atoms with Crippen LogP contribution in [0.1, 0.15) is 31.8 Å². The number of amides is 1. The molecule has 0 aliphatic rings. The first kappa shape index (κ1) is 21.6. The molecule has 0 radical (unpaired) electrons. The van der Waals surface area contributed by atoms with E-state index in [2.05, 4.69) is 10.5 Å². The van der Waals surface area contributed by atoms with Crippen molar-refractivity contribution in [1.29, 1.82) is 0 Å². The zero-order chi connectivity index (χ0) is 22.2. The van der Waals surface area contributed by atoms with Crippen LogP contribution < -0.4 is 19.6 Å². The Kier molecular flexibility index (Phi) is 7.01. The van der Waals surface area contributed by atoms with Gasteiger partial charge < -0.3 is 14.2 Å². The highest BCUT2D eigenvalue weighted by molar-refractivity contribution is 5.95. The number of nitrogens with one attached hydrogen (secondary N) is 1. The lowest BCUT2D eigenvalue weighted by molar-refractivity contribution is 0.0729. The molecule has 0 spiro atoms. The standard InChI is InChI=1S/C24H22N2O5/c1-16-4-7-19(8-5-16)24(28)31-22-14-17(6-13-21(22)30-3)15-25-26-23(27)18-9-11-20(29-2)12-10-18/h4-15H,1-3H3,(H,26,27). The lowest BCUT2D eigenvalue weighted by Gasteiger charge is -2.10. The maximum absolute atomic E-state index is 12.4. The van der Waals surface area contributed by atoms with Crippen molar-refractivity contribution in [1.82, 2.24) is 5.43 Å². The first-order valence-electron chi connectivity index (χ1n) is 9.44. The van der Waals surface area contributed by atoms with E-state index in [1.165, 1.54) is 13.3 Å². The van der Waals surface area contributed by atoms with Gasteiger partial charge in [-0.1, -0.05) is 17.7 Å². The van der Waals surface area contributed by atoms with E-state index in [0.717, 1.165) is 5.56 Å². The van der Waals surface area contributed by atoms with Gasteiger partial charge in [0.25, 0.3) is 5.91 Å². The number of hydrogen-bond donors (Lipinski definition) is 1. The van der Waals surface area contributed by atoms with Crippen LogP contribution in [-0.4, -0.2) is 32.3 Å². The summed E-state index contributed by atoms with van der Waals surface area (Å²) in [5, 5.41) is 3.97. The summed E-state index contributed by atoms with van der Waals surface area (Å²) >= 11 is 0. The zero-order valence-corrected chi connectivity index (χ0v) is 17.4. The van der Waals surface area contributed by atoms with Gasteiger partial charge in [-0.15, -0.1) is 0 Å². The van der Waals surface area contributed by atoms with Gasteiger partial charge in [0.2, 0.25) is 0 Å². The van der Waals surface area contributed by atoms with Gasteiger partial charge in [-0.2, -0.15) is 5.10 Å². The largest absolute Gasteiger partial charge is 0.497 e. The molecule has 158 valence electrons. The zero-order valence-electron chi connectivity index (χ0n) is 17.4. The van der Waals surface area contributed by atoms with Gasteiger partial charge in [-0.25, -0.2) is 10.2 Å². The van der Waals surface area contributed by atoms with Gasteiger partial charge in [0.1, 0.15) is 5.75 Å². The summed E-state index contributed by atoms with van der Waals surface area (Å²) in [6, 6.07) is 18.7. The molecule has 0 heterocycles. The fraction of sp³-hybridized carbons (Fsp3) is 0.125. The van der Waals surface area contributed by atoms with Gasteiger partial charge in [-0.05, 0) is 67.1 Å². The normalized spacial score (nSPS) is 10.5. The third-order valence-corrected chi connectivity index (χ3v) is 4.41. The molecule has 0 bridgehead atoms. The lowest BCUT2D eigenvalue weighted by atomic mass is 10.1. The Bertz CT molecular complexity index is 1090. The average Bonchev–Trinajstić information content (AvgIpc) is 2.79. The maximum atomic E-state index is 12.4. The molecule has 7 heteroatoms. The third kappa shape index (κ3) is 5.70. The molecule has 0 aromatic heterocycles. The first-order chi connectivity index (χ1) is 15.0. The molecule has 0 atom stereocenters. The van der Waals surface area contributed by atoms with E-state index < -0.39 is 5.97 Å². The van der Waals surface area contributed by atoms with Gasteiger partial charge >= 0.3 is 5.97 Å². The summed E-state index contributed by atoms with van der Waals surface area (Å²) in [5.74, 6) is 0.447. The molecular weight excluding hydrogens is 396 g/mol. The number of benzene rings is 3. The van der Waals surface area contributed by atoms with E-state index >= 15 is 0 Å². The minimum atomic E-state index is -0.500. The number of esters is 1. The predicted octanol–water partition coefficient (Wildman–Crippen LogP) is 4.00. The summed E-state index contributed by atoms with van der Waals surface area (Å²) in [4.78, 5) is 24.6. The summed E-state index contributed by atoms with van der Waals surface area (Å²) in [6.45, 7) is 1.94. The second-order valence-electron chi connectivity index (χ2n) is 6.59. The molecule has 3 aromatic carbocycles. The molecule has 0 aliphatic heterocycles. The molecule has 0 fully saturated rings. The van der Waals surface area contributed by atoms with Crippen LogP contribution >= 0.6 is 0 Å². The van der Waals surface area contributed by atoms with E-state index in [-0.39, 0.29) is 11.7 Å². The minimum Gasteiger partial charge on any atom is -0.497 e. The molecule has 0 saturated carbocycles. The molecule has 3 rings (SSSR count). The van der Waals surface area contributed by atoms with E-state index in [1.54, 1.807) is 61.7 Å². The van der Waals surface area contributed by atoms with Crippen molar-refractivity contribution < 1.29 is 23.8 Å². The Morgan fingerprint density at radius 2 is 1.52 bits per heavy atom. The van der Waals surface area contributed by atoms with E-state index in [0.29, 0.717) is 28.2 Å². The highest BCUT2D eigenvalue weighted by atomic mass is 16.6. The Morgan fingerprint density at radius 1 is 0.839 bits per heavy atom. The summed E-state index contributed by atoms with van der Waals surface area (Å²) in [7, 11) is 3.04. The topological polar surface area (TPSA) is 86.2 Å². The summed E-state index contributed by atoms with van der Waals surface area (Å²) in [5.41, 5.74) is 4.99. The molecule has 0 unspecified atom stereocenters. The van der Waals surface area contributed by atoms with E-state index in [1.807, 2.05) is 19.1 Å². The van der Waals surface area contributed by atoms with Crippen LogP contribution in [0.5, 0.6) is 17.2 Å². The Labute approximate surface area is 180 Å². The molecule has 3 aromatic rings. The van der Waals surface area contributed by atoms with Crippen LogP contribution in [-0.2, 0) is 0 Å². The first-order valence-corrected chi connectivity index (χ1v) is 9.44. The number of methoxy groups -OCH3 is 2. The van der Waals surface area contributed by atoms with Gasteiger partial charge in [0.05, 0.1) is 26.0 Å². The molecule has 31 heavy (non-hydrogen) atoms. The quantitative estimate of drug-likeness (QED) is 0.271. The van der Waals surface area contributed by atoms with Crippen molar-refractivity contribution in [3.63, 3.8) is 0 Å². The summed E-state index contributed by atoms with van der Waals surface area (Å²) < 4.78 is 15.8. The second kappa shape index (κ2) is 10.1. The number of aryl methyl sites for hydroxylation is 1. The molecule has 1 N–H and O–H groups in total. The summed E-state index contributed by atoms with van der Waals surface area (Å²) in [6.07, 6.45) is 1.45. The van der Waals surface area contributed by atoms with E-state index in [9.17, 15) is 9.59 Å². The van der Waals surface area contributed by atoms with Crippen LogP contribution in [0.3, 0.4) is 0 Å². The lowest BCUT2D eigenvalue weighted by Crippen LogP contribution is -2.17. The highest BCUT2D eigenvalue weighted by Gasteiger charge is 2.13. The van der Waals surface area contributed by atoms with Crippen LogP contribution in [0.15, 0.2) is 71.8 Å². The van der Waals surface area contributed by atoms with Crippen molar-refractivity contribution >= 4 is 18.1 Å². The molecular formula is C24H22N2O5. The number of rotatable bonds is 7. The number of carbonyl (C=O) groups excluding carboxylic acids is 2. The van der Waals surface area contributed by atoms with Crippen molar-refractivity contribution in [3.8, 4) is 17.2 Å². The number of ether oxygens (including phenoxy) is 3. The molecule has 0 saturated heterocycles. The molecule has 0 aliphatic carbocycles. The number of hydrogen-bond acceptors (Lipinski definition) is 6. The van der Waals surface area contributed by atoms with E-state index in [4.69, 9.17) is 14.2 Å². The van der Waals surface area contributed by atoms with Gasteiger partial charge in [0, 0.05) is 5.56 Å². The predicted molar refractivity (Wildman–Crippen MR) is 117 cm³/mol. The number of hydrazone groups is 1. The minimum absolute atomic E-state index is 0.249. The van der Waals surface area contributed by atoms with Crippen LogP contribution in [0.4, 0.5) is 0 Å². The Hall–Kier alpha value is -4.13. The Balaban J connectivity index is 1.69. The average molecular weight is 418 g/mol. The van der Waals surface area contributed by atoms with Crippen LogP contribution in [0.25, 0.3) is 0 Å². The fourth-order valence-corrected chi connectivity index (χ4v) is 2.67. The van der Waals surface area contributed by atoms with Crippen LogP contribution in [0, 0.1) is 6.92 Å². The smallest absolute Gasteiger partial charge is 0.343 e. The van der Waals surface area contributed by atoms with Gasteiger partial charge in [-0.3, -0.25) is 4.79 Å². The second-order valence-corrected chi connectivity index (χ2v) is 6.59. The highest BCUT2D eigenvalue weighted by Crippen LogP contribution is 2.28. The fourth-order valence-electron chi connectivity index (χ4n) is 2.67. The molecule has 7 nitrogen and oxygen atoms in total. The van der Waals surface area contributed by atoms with Crippen molar-refractivity contribution in [3.05, 3.63) is 89.0 Å². The Morgan fingerprint density at radius 3 is 2.16 bits per heavy atom. The monoisotopic (exact) mass is 418 g/mol. The number of nitrogens with zero attached hydrogens (tertiary/aromatic N) is 1. The SMILES string of the molecule is COc1ccc(C(=O)NN=Cc2ccc(OC)c(OC(=O)c3ccc(C)cc3)c2)cc1. The maximum Gasteiger partial charge on any atom is 0.343 e. The van der Waals surface area contributed by atoms with Crippen molar-refractivity contribution in [2.75, 3.05) is 14.2 Å². The number of carbonyl (C=O) groups is 2. The van der Waals surface area contributed by atoms with Gasteiger partial charge in [0.15, 0.2) is 11.5 Å². The molecule has 1 amide bonds. The third-order valence-electron chi connectivity index (χ3n) is 4.41. The van der Waals surface area contributed by atoms with Crippen LogP contribution in [0.2, 0.25) is 0 Å². The van der Waals surface area contributed by atoms with Crippen molar-refractivity contribution in [2.24, 2.45) is 5.10 Å².